The summed E-state index contributed by atoms with van der Waals surface area (Å²) in [5.74, 6) is 1.66. The van der Waals surface area contributed by atoms with Crippen molar-refractivity contribution in [3.05, 3.63) is 0 Å². The van der Waals surface area contributed by atoms with Crippen LogP contribution in [0.25, 0.3) is 0 Å². The van der Waals surface area contributed by atoms with E-state index in [1.165, 1.54) is 19.5 Å². The molecule has 2 saturated heterocycles. The van der Waals surface area contributed by atoms with Crippen LogP contribution in [-0.2, 0) is 9.53 Å². The second kappa shape index (κ2) is 11.5. The van der Waals surface area contributed by atoms with Crippen molar-refractivity contribution in [1.82, 2.24) is 15.5 Å². The molecule has 0 aliphatic carbocycles. The maximum Gasteiger partial charge on any atom is 0.252 e. The Morgan fingerprint density at radius 1 is 1.21 bits per heavy atom. The Bertz CT molecular complexity index is 356. The molecule has 5 nitrogen and oxygen atoms in total. The summed E-state index contributed by atoms with van der Waals surface area (Å²) >= 11 is 0. The number of ether oxygens (including phenoxy) is 1. The van der Waals surface area contributed by atoms with Crippen LogP contribution in [0.3, 0.4) is 0 Å². The monoisotopic (exact) mass is 383 g/mol. The summed E-state index contributed by atoms with van der Waals surface area (Å²) in [6.07, 6.45) is 3.88. The van der Waals surface area contributed by atoms with E-state index in [0.717, 1.165) is 57.3 Å². The molecule has 2 atom stereocenters. The molecule has 0 bridgehead atoms. The van der Waals surface area contributed by atoms with Gasteiger partial charge in [0.2, 0.25) is 0 Å². The van der Waals surface area contributed by atoms with Gasteiger partial charge in [-0.15, -0.1) is 24.8 Å². The number of halogens is 2. The first-order valence-corrected chi connectivity index (χ1v) is 8.82. The number of carbonyl (C=O) groups is 1. The number of rotatable bonds is 6. The van der Waals surface area contributed by atoms with Crippen molar-refractivity contribution in [2.45, 2.75) is 45.1 Å². The molecule has 2 fully saturated rings. The molecule has 144 valence electrons. The summed E-state index contributed by atoms with van der Waals surface area (Å²) in [7, 11) is 1.65. The van der Waals surface area contributed by atoms with Gasteiger partial charge in [0.1, 0.15) is 5.60 Å². The van der Waals surface area contributed by atoms with Gasteiger partial charge in [0.15, 0.2) is 0 Å². The van der Waals surface area contributed by atoms with E-state index in [9.17, 15) is 4.79 Å². The maximum absolute atomic E-state index is 12.4. The zero-order valence-electron chi connectivity index (χ0n) is 15.3. The molecule has 7 heteroatoms. The molecule has 1 amide bonds. The Labute approximate surface area is 159 Å². The van der Waals surface area contributed by atoms with Gasteiger partial charge in [-0.2, -0.15) is 0 Å². The van der Waals surface area contributed by atoms with Gasteiger partial charge < -0.3 is 20.3 Å². The van der Waals surface area contributed by atoms with E-state index in [1.54, 1.807) is 7.11 Å². The molecule has 2 aliphatic heterocycles. The lowest BCUT2D eigenvalue weighted by Gasteiger charge is -2.36. The molecule has 0 aromatic carbocycles. The lowest BCUT2D eigenvalue weighted by atomic mass is 9.91. The summed E-state index contributed by atoms with van der Waals surface area (Å²) in [5, 5.41) is 6.37. The predicted octanol–water partition coefficient (Wildman–Crippen LogP) is 2.08. The van der Waals surface area contributed by atoms with E-state index in [4.69, 9.17) is 4.74 Å². The first kappa shape index (κ1) is 23.9. The Balaban J connectivity index is 0.00000264. The average Bonchev–Trinajstić information content (AvgIpc) is 2.51. The molecular formula is C17H35Cl2N3O2. The van der Waals surface area contributed by atoms with Crippen molar-refractivity contribution in [3.63, 3.8) is 0 Å². The summed E-state index contributed by atoms with van der Waals surface area (Å²) in [5.41, 5.74) is -0.612. The summed E-state index contributed by atoms with van der Waals surface area (Å²) in [4.78, 5) is 15.0. The van der Waals surface area contributed by atoms with Crippen LogP contribution >= 0.6 is 24.8 Å². The second-order valence-corrected chi connectivity index (χ2v) is 7.26. The van der Waals surface area contributed by atoms with Gasteiger partial charge >= 0.3 is 0 Å². The van der Waals surface area contributed by atoms with Gasteiger partial charge in [-0.1, -0.05) is 13.8 Å². The highest BCUT2D eigenvalue weighted by Crippen LogP contribution is 2.23. The molecule has 0 spiro atoms. The van der Waals surface area contributed by atoms with Crippen molar-refractivity contribution >= 4 is 30.7 Å². The zero-order chi connectivity index (χ0) is 16.0. The Kier molecular flexibility index (Phi) is 11.5. The number of nitrogens with zero attached hydrogens (tertiary/aromatic N) is 1. The van der Waals surface area contributed by atoms with E-state index < -0.39 is 5.60 Å². The second-order valence-electron chi connectivity index (χ2n) is 7.26. The lowest BCUT2D eigenvalue weighted by molar-refractivity contribution is -0.146. The van der Waals surface area contributed by atoms with Crippen molar-refractivity contribution in [2.75, 3.05) is 46.4 Å². The molecule has 2 N–H and O–H groups in total. The first-order chi connectivity index (χ1) is 10.6. The smallest absolute Gasteiger partial charge is 0.252 e. The fourth-order valence-corrected chi connectivity index (χ4v) is 3.99. The molecule has 2 rings (SSSR count). The van der Waals surface area contributed by atoms with Crippen LogP contribution in [0.1, 0.15) is 39.5 Å². The highest BCUT2D eigenvalue weighted by atomic mass is 35.5. The highest BCUT2D eigenvalue weighted by molar-refractivity contribution is 5.86. The number of hydrogen-bond donors (Lipinski definition) is 2. The van der Waals surface area contributed by atoms with E-state index in [-0.39, 0.29) is 30.7 Å². The molecule has 0 aromatic heterocycles. The number of piperidine rings is 2. The van der Waals surface area contributed by atoms with E-state index >= 15 is 0 Å². The number of nitrogens with one attached hydrogen (secondary N) is 2. The van der Waals surface area contributed by atoms with Crippen LogP contribution in [0.15, 0.2) is 0 Å². The fourth-order valence-electron chi connectivity index (χ4n) is 3.99. The number of likely N-dealkylation sites (tertiary alicyclic amines) is 1. The topological polar surface area (TPSA) is 53.6 Å². The normalized spacial score (nSPS) is 26.8. The molecule has 0 saturated carbocycles. The van der Waals surface area contributed by atoms with Crippen molar-refractivity contribution in [3.8, 4) is 0 Å². The Hall–Kier alpha value is -0.0700. The number of methoxy groups -OCH3 is 1. The largest absolute Gasteiger partial charge is 0.368 e. The minimum absolute atomic E-state index is 0. The number of carbonyl (C=O) groups excluding carboxylic acids is 1. The van der Waals surface area contributed by atoms with Gasteiger partial charge in [0.05, 0.1) is 0 Å². The molecule has 24 heavy (non-hydrogen) atoms. The SMILES string of the molecule is COC1(C(=O)NCCCN2CC(C)CC(C)C2)CCNCC1.Cl.Cl. The maximum atomic E-state index is 12.4. The molecule has 0 radical (unpaired) electrons. The summed E-state index contributed by atoms with van der Waals surface area (Å²) in [6.45, 7) is 10.6. The molecule has 0 aromatic rings. The standard InChI is InChI=1S/C17H33N3O2.2ClH/c1-14-11-15(2)13-20(12-14)10-4-7-19-16(21)17(22-3)5-8-18-9-6-17;;/h14-15,18H,4-13H2,1-3H3,(H,19,21);2*1H. The minimum atomic E-state index is -0.612. The van der Waals surface area contributed by atoms with Crippen LogP contribution in [-0.4, -0.2) is 62.8 Å². The zero-order valence-corrected chi connectivity index (χ0v) is 16.9. The molecule has 2 aliphatic rings. The summed E-state index contributed by atoms with van der Waals surface area (Å²) < 4.78 is 5.55. The van der Waals surface area contributed by atoms with Crippen molar-refractivity contribution < 1.29 is 9.53 Å². The molecule has 2 unspecified atom stereocenters. The number of hydrogen-bond acceptors (Lipinski definition) is 4. The highest BCUT2D eigenvalue weighted by Gasteiger charge is 2.39. The fraction of sp³-hybridized carbons (Fsp3) is 0.941. The molecular weight excluding hydrogens is 349 g/mol. The van der Waals surface area contributed by atoms with Crippen molar-refractivity contribution in [1.29, 1.82) is 0 Å². The minimum Gasteiger partial charge on any atom is -0.368 e. The predicted molar refractivity (Wildman–Crippen MR) is 103 cm³/mol. The van der Waals surface area contributed by atoms with Gasteiger partial charge in [0, 0.05) is 26.7 Å². The Morgan fingerprint density at radius 3 is 2.33 bits per heavy atom. The van der Waals surface area contributed by atoms with E-state index in [0.29, 0.717) is 0 Å². The van der Waals surface area contributed by atoms with Crippen LogP contribution in [0.4, 0.5) is 0 Å². The van der Waals surface area contributed by atoms with Gasteiger partial charge in [0.25, 0.3) is 5.91 Å². The Morgan fingerprint density at radius 2 is 1.79 bits per heavy atom. The molecule has 2 heterocycles. The third kappa shape index (κ3) is 6.68. The van der Waals surface area contributed by atoms with Crippen LogP contribution in [0.2, 0.25) is 0 Å². The van der Waals surface area contributed by atoms with Crippen molar-refractivity contribution in [2.24, 2.45) is 11.8 Å². The van der Waals surface area contributed by atoms with Crippen LogP contribution in [0, 0.1) is 11.8 Å². The van der Waals surface area contributed by atoms with Gasteiger partial charge in [-0.25, -0.2) is 0 Å². The van der Waals surface area contributed by atoms with E-state index in [2.05, 4.69) is 29.4 Å². The summed E-state index contributed by atoms with van der Waals surface area (Å²) in [6, 6.07) is 0. The van der Waals surface area contributed by atoms with Gasteiger partial charge in [-0.3, -0.25) is 4.79 Å². The number of amides is 1. The van der Waals surface area contributed by atoms with Crippen LogP contribution < -0.4 is 10.6 Å². The third-order valence-corrected chi connectivity index (χ3v) is 5.10. The van der Waals surface area contributed by atoms with Crippen LogP contribution in [0.5, 0.6) is 0 Å². The first-order valence-electron chi connectivity index (χ1n) is 8.82. The third-order valence-electron chi connectivity index (χ3n) is 5.10. The quantitative estimate of drug-likeness (QED) is 0.689. The lowest BCUT2D eigenvalue weighted by Crippen LogP contribution is -2.54. The van der Waals surface area contributed by atoms with E-state index in [1.807, 2.05) is 0 Å². The van der Waals surface area contributed by atoms with Gasteiger partial charge in [-0.05, 0) is 57.2 Å². The average molecular weight is 384 g/mol.